The van der Waals surface area contributed by atoms with E-state index >= 15 is 0 Å². The van der Waals surface area contributed by atoms with Gasteiger partial charge >= 0.3 is 0 Å². The van der Waals surface area contributed by atoms with Gasteiger partial charge < -0.3 is 10.4 Å². The molecule has 0 saturated heterocycles. The van der Waals surface area contributed by atoms with Gasteiger partial charge in [0.05, 0.1) is 12.6 Å². The quantitative estimate of drug-likeness (QED) is 0.887. The van der Waals surface area contributed by atoms with Crippen LogP contribution in [0.2, 0.25) is 0 Å². The number of aliphatic hydroxyl groups excluding tert-OH is 1. The minimum atomic E-state index is -0.00907. The minimum absolute atomic E-state index is 0.00907. The van der Waals surface area contributed by atoms with Crippen LogP contribution in [0.3, 0.4) is 0 Å². The Morgan fingerprint density at radius 2 is 2.00 bits per heavy atom. The molecule has 1 aromatic heterocycles. The average molecular weight is 312 g/mol. The third-order valence-electron chi connectivity index (χ3n) is 2.58. The van der Waals surface area contributed by atoms with Crippen LogP contribution in [-0.4, -0.2) is 11.7 Å². The highest BCUT2D eigenvalue weighted by atomic mass is 79.9. The normalized spacial score (nSPS) is 12.6. The van der Waals surface area contributed by atoms with E-state index in [9.17, 15) is 5.11 Å². The lowest BCUT2D eigenvalue weighted by Gasteiger charge is -2.16. The van der Waals surface area contributed by atoms with Gasteiger partial charge in [0.25, 0.3) is 0 Å². The van der Waals surface area contributed by atoms with Crippen LogP contribution in [0.25, 0.3) is 0 Å². The lowest BCUT2D eigenvalue weighted by atomic mass is 10.1. The summed E-state index contributed by atoms with van der Waals surface area (Å²) in [6.45, 7) is 0.866. The molecule has 0 unspecified atom stereocenters. The van der Waals surface area contributed by atoms with Gasteiger partial charge in [-0.3, -0.25) is 0 Å². The lowest BCUT2D eigenvalue weighted by Crippen LogP contribution is -2.23. The number of hydrogen-bond donors (Lipinski definition) is 2. The fourth-order valence-electron chi connectivity index (χ4n) is 1.64. The van der Waals surface area contributed by atoms with Crippen molar-refractivity contribution in [2.45, 2.75) is 12.6 Å². The van der Waals surface area contributed by atoms with Gasteiger partial charge in [-0.05, 0) is 32.9 Å². The molecule has 90 valence electrons. The molecular weight excluding hydrogens is 298 g/mol. The zero-order valence-electron chi connectivity index (χ0n) is 9.27. The molecule has 0 fully saturated rings. The van der Waals surface area contributed by atoms with Crippen molar-refractivity contribution >= 4 is 27.3 Å². The van der Waals surface area contributed by atoms with Crippen LogP contribution in [0.4, 0.5) is 0 Å². The molecule has 0 amide bonds. The topological polar surface area (TPSA) is 32.3 Å². The number of aliphatic hydroxyl groups is 1. The van der Waals surface area contributed by atoms with Crippen LogP contribution in [-0.2, 0) is 6.54 Å². The molecule has 0 spiro atoms. The van der Waals surface area contributed by atoms with Crippen molar-refractivity contribution in [3.05, 3.63) is 56.7 Å². The first-order chi connectivity index (χ1) is 8.31. The molecule has 0 bridgehead atoms. The molecule has 1 aromatic carbocycles. The first-order valence-electron chi connectivity index (χ1n) is 5.42. The molecule has 0 aliphatic rings. The predicted molar refractivity (Wildman–Crippen MR) is 75.1 cm³/mol. The summed E-state index contributed by atoms with van der Waals surface area (Å²) in [5.74, 6) is 0. The van der Waals surface area contributed by atoms with Crippen LogP contribution in [0.5, 0.6) is 0 Å². The van der Waals surface area contributed by atoms with Crippen LogP contribution < -0.4 is 5.32 Å². The predicted octanol–water partition coefficient (Wildman–Crippen LogP) is 3.33. The molecule has 2 N–H and O–H groups in total. The molecule has 4 heteroatoms. The number of hydrogen-bond acceptors (Lipinski definition) is 3. The van der Waals surface area contributed by atoms with Crippen LogP contribution in [0.1, 0.15) is 16.5 Å². The second-order valence-corrected chi connectivity index (χ2v) is 5.57. The Hall–Kier alpha value is -0.680. The van der Waals surface area contributed by atoms with E-state index in [-0.39, 0.29) is 12.6 Å². The maximum atomic E-state index is 9.41. The molecule has 2 nitrogen and oxygen atoms in total. The van der Waals surface area contributed by atoms with Crippen molar-refractivity contribution in [1.29, 1.82) is 0 Å². The maximum absolute atomic E-state index is 9.41. The van der Waals surface area contributed by atoms with Crippen molar-refractivity contribution in [3.8, 4) is 0 Å². The van der Waals surface area contributed by atoms with E-state index in [0.717, 1.165) is 16.6 Å². The van der Waals surface area contributed by atoms with Crippen LogP contribution >= 0.6 is 27.3 Å². The van der Waals surface area contributed by atoms with E-state index in [0.29, 0.717) is 0 Å². The standard InChI is InChI=1S/C13H14BrNOS/c14-11-6-7-17-13(11)8-15-12(9-16)10-4-2-1-3-5-10/h1-7,12,15-16H,8-9H2/t12-/m0/s1. The maximum Gasteiger partial charge on any atom is 0.0626 e. The Bertz CT molecular complexity index is 457. The largest absolute Gasteiger partial charge is 0.394 e. The summed E-state index contributed by atoms with van der Waals surface area (Å²) < 4.78 is 1.12. The Balaban J connectivity index is 1.99. The van der Waals surface area contributed by atoms with E-state index in [2.05, 4.69) is 26.6 Å². The second kappa shape index (κ2) is 6.31. The van der Waals surface area contributed by atoms with E-state index in [1.54, 1.807) is 11.3 Å². The molecule has 0 aliphatic carbocycles. The van der Waals surface area contributed by atoms with Gasteiger partial charge in [-0.1, -0.05) is 30.3 Å². The van der Waals surface area contributed by atoms with Gasteiger partial charge in [0.15, 0.2) is 0 Å². The van der Waals surface area contributed by atoms with Crippen LogP contribution in [0, 0.1) is 0 Å². The van der Waals surface area contributed by atoms with Gasteiger partial charge in [-0.2, -0.15) is 0 Å². The smallest absolute Gasteiger partial charge is 0.0626 e. The molecule has 0 aliphatic heterocycles. The molecule has 1 atom stereocenters. The summed E-state index contributed by atoms with van der Waals surface area (Å²) in [6.07, 6.45) is 0. The molecule has 1 heterocycles. The summed E-state index contributed by atoms with van der Waals surface area (Å²) in [5, 5.41) is 14.8. The van der Waals surface area contributed by atoms with Gasteiger partial charge in [-0.25, -0.2) is 0 Å². The molecule has 0 radical (unpaired) electrons. The molecule has 2 aromatic rings. The highest BCUT2D eigenvalue weighted by Gasteiger charge is 2.10. The van der Waals surface area contributed by atoms with Gasteiger partial charge in [0, 0.05) is 15.9 Å². The van der Waals surface area contributed by atoms with Crippen molar-refractivity contribution < 1.29 is 5.11 Å². The van der Waals surface area contributed by atoms with E-state index in [1.165, 1.54) is 4.88 Å². The number of halogens is 1. The molecule has 17 heavy (non-hydrogen) atoms. The number of benzene rings is 1. The Labute approximate surface area is 113 Å². The van der Waals surface area contributed by atoms with Crippen molar-refractivity contribution in [3.63, 3.8) is 0 Å². The number of nitrogens with one attached hydrogen (secondary N) is 1. The number of thiophene rings is 1. The summed E-state index contributed by atoms with van der Waals surface area (Å²) in [5.41, 5.74) is 1.11. The number of rotatable bonds is 5. The zero-order chi connectivity index (χ0) is 12.1. The SMILES string of the molecule is OC[C@H](NCc1sccc1Br)c1ccccc1. The van der Waals surface area contributed by atoms with E-state index < -0.39 is 0 Å². The molecular formula is C13H14BrNOS. The third-order valence-corrected chi connectivity index (χ3v) is 4.51. The lowest BCUT2D eigenvalue weighted by molar-refractivity contribution is 0.244. The second-order valence-electron chi connectivity index (χ2n) is 3.72. The van der Waals surface area contributed by atoms with Gasteiger partial charge in [0.1, 0.15) is 0 Å². The first kappa shape index (κ1) is 12.8. The van der Waals surface area contributed by atoms with Crippen molar-refractivity contribution in [2.75, 3.05) is 6.61 Å². The van der Waals surface area contributed by atoms with Crippen LogP contribution in [0.15, 0.2) is 46.3 Å². The highest BCUT2D eigenvalue weighted by Crippen LogP contribution is 2.23. The van der Waals surface area contributed by atoms with E-state index in [1.807, 2.05) is 36.4 Å². The average Bonchev–Trinajstić information content (AvgIpc) is 2.77. The molecule has 2 rings (SSSR count). The fourth-order valence-corrected chi connectivity index (χ4v) is 3.08. The van der Waals surface area contributed by atoms with Crippen molar-refractivity contribution in [2.24, 2.45) is 0 Å². The summed E-state index contributed by atoms with van der Waals surface area (Å²) in [4.78, 5) is 1.25. The summed E-state index contributed by atoms with van der Waals surface area (Å²) >= 11 is 5.21. The zero-order valence-corrected chi connectivity index (χ0v) is 11.7. The minimum Gasteiger partial charge on any atom is -0.394 e. The summed E-state index contributed by atoms with van der Waals surface area (Å²) in [6, 6.07) is 12.0. The third kappa shape index (κ3) is 3.39. The monoisotopic (exact) mass is 311 g/mol. The first-order valence-corrected chi connectivity index (χ1v) is 7.09. The Kier molecular flexibility index (Phi) is 4.74. The Morgan fingerprint density at radius 3 is 2.59 bits per heavy atom. The highest BCUT2D eigenvalue weighted by molar-refractivity contribution is 9.10. The van der Waals surface area contributed by atoms with E-state index in [4.69, 9.17) is 0 Å². The molecule has 0 saturated carbocycles. The van der Waals surface area contributed by atoms with Gasteiger partial charge in [0.2, 0.25) is 0 Å². The fraction of sp³-hybridized carbons (Fsp3) is 0.231. The Morgan fingerprint density at radius 1 is 1.24 bits per heavy atom. The van der Waals surface area contributed by atoms with Crippen molar-refractivity contribution in [1.82, 2.24) is 5.32 Å². The summed E-state index contributed by atoms with van der Waals surface area (Å²) in [7, 11) is 0. The van der Waals surface area contributed by atoms with Gasteiger partial charge in [-0.15, -0.1) is 11.3 Å².